The lowest BCUT2D eigenvalue weighted by atomic mass is 10.2. The maximum absolute atomic E-state index is 13.2. The molecule has 0 radical (unpaired) electrons. The van der Waals surface area contributed by atoms with Crippen LogP contribution in [-0.2, 0) is 0 Å². The molecule has 1 atom stereocenters. The summed E-state index contributed by atoms with van der Waals surface area (Å²) in [6.45, 7) is 2.27. The summed E-state index contributed by atoms with van der Waals surface area (Å²) in [5.74, 6) is -0.287. The van der Waals surface area contributed by atoms with E-state index < -0.39 is 0 Å². The van der Waals surface area contributed by atoms with Gasteiger partial charge in [0, 0.05) is 11.0 Å². The molecule has 0 fully saturated rings. The topological polar surface area (TPSA) is 32.3 Å². The van der Waals surface area contributed by atoms with E-state index in [1.165, 1.54) is 6.07 Å². The largest absolute Gasteiger partial charge is 0.393 e. The molecule has 2 nitrogen and oxygen atoms in total. The summed E-state index contributed by atoms with van der Waals surface area (Å²) in [6.07, 6.45) is 0.246. The zero-order valence-corrected chi connectivity index (χ0v) is 9.51. The molecule has 0 aromatic heterocycles. The molecule has 0 aliphatic heterocycles. The Kier molecular flexibility index (Phi) is 4.35. The second-order valence-electron chi connectivity index (χ2n) is 3.19. The van der Waals surface area contributed by atoms with Crippen molar-refractivity contribution in [3.63, 3.8) is 0 Å². The van der Waals surface area contributed by atoms with Gasteiger partial charge in [-0.1, -0.05) is 15.9 Å². The van der Waals surface area contributed by atoms with E-state index in [1.54, 1.807) is 19.1 Å². The number of aliphatic hydroxyl groups excluding tert-OH is 1. The monoisotopic (exact) mass is 261 g/mol. The van der Waals surface area contributed by atoms with E-state index in [2.05, 4.69) is 21.2 Å². The van der Waals surface area contributed by atoms with Crippen molar-refractivity contribution >= 4 is 21.6 Å². The molecule has 1 rings (SSSR count). The Morgan fingerprint density at radius 1 is 1.57 bits per heavy atom. The van der Waals surface area contributed by atoms with E-state index in [1.807, 2.05) is 0 Å². The summed E-state index contributed by atoms with van der Waals surface area (Å²) < 4.78 is 13.9. The Morgan fingerprint density at radius 2 is 2.29 bits per heavy atom. The van der Waals surface area contributed by atoms with E-state index >= 15 is 0 Å². The van der Waals surface area contributed by atoms with Crippen LogP contribution in [0.3, 0.4) is 0 Å². The molecule has 14 heavy (non-hydrogen) atoms. The zero-order chi connectivity index (χ0) is 10.6. The van der Waals surface area contributed by atoms with Gasteiger partial charge in [0.05, 0.1) is 11.8 Å². The molecule has 0 bridgehead atoms. The van der Waals surface area contributed by atoms with E-state index in [9.17, 15) is 4.39 Å². The van der Waals surface area contributed by atoms with Crippen molar-refractivity contribution in [3.05, 3.63) is 28.5 Å². The smallest absolute Gasteiger partial charge is 0.147 e. The fraction of sp³-hybridized carbons (Fsp3) is 0.400. The molecule has 1 unspecified atom stereocenters. The summed E-state index contributed by atoms with van der Waals surface area (Å²) in [4.78, 5) is 0. The molecule has 0 spiro atoms. The van der Waals surface area contributed by atoms with Crippen LogP contribution in [0.5, 0.6) is 0 Å². The summed E-state index contributed by atoms with van der Waals surface area (Å²) >= 11 is 3.18. The third-order valence-corrected chi connectivity index (χ3v) is 2.30. The number of anilines is 1. The van der Waals surface area contributed by atoms with Crippen molar-refractivity contribution in [1.29, 1.82) is 0 Å². The van der Waals surface area contributed by atoms with Crippen LogP contribution in [0.25, 0.3) is 0 Å². The molecular weight excluding hydrogens is 249 g/mol. The highest BCUT2D eigenvalue weighted by Gasteiger charge is 2.02. The number of nitrogens with one attached hydrogen (secondary N) is 1. The van der Waals surface area contributed by atoms with Crippen molar-refractivity contribution in [2.75, 3.05) is 11.9 Å². The van der Waals surface area contributed by atoms with Crippen LogP contribution in [0.15, 0.2) is 22.7 Å². The van der Waals surface area contributed by atoms with Gasteiger partial charge in [0.25, 0.3) is 0 Å². The lowest BCUT2D eigenvalue weighted by molar-refractivity contribution is 0.188. The lowest BCUT2D eigenvalue weighted by Crippen LogP contribution is -2.10. The highest BCUT2D eigenvalue weighted by Crippen LogP contribution is 2.19. The van der Waals surface area contributed by atoms with Crippen LogP contribution < -0.4 is 5.32 Å². The van der Waals surface area contributed by atoms with Gasteiger partial charge in [0.2, 0.25) is 0 Å². The molecular formula is C10H13BrFNO. The van der Waals surface area contributed by atoms with Gasteiger partial charge in [-0.2, -0.15) is 0 Å². The Labute approximate surface area is 91.3 Å². The highest BCUT2D eigenvalue weighted by atomic mass is 79.9. The van der Waals surface area contributed by atoms with Gasteiger partial charge in [0.15, 0.2) is 0 Å². The number of aliphatic hydroxyl groups is 1. The van der Waals surface area contributed by atoms with E-state index in [-0.39, 0.29) is 11.9 Å². The average Bonchev–Trinajstić information content (AvgIpc) is 2.08. The zero-order valence-electron chi connectivity index (χ0n) is 7.93. The number of benzene rings is 1. The van der Waals surface area contributed by atoms with Crippen molar-refractivity contribution in [2.45, 2.75) is 19.4 Å². The third-order valence-electron chi connectivity index (χ3n) is 1.81. The Hall–Kier alpha value is -0.610. The minimum Gasteiger partial charge on any atom is -0.393 e. The van der Waals surface area contributed by atoms with Crippen molar-refractivity contribution < 1.29 is 9.50 Å². The van der Waals surface area contributed by atoms with E-state index in [0.29, 0.717) is 18.7 Å². The Balaban J connectivity index is 2.51. The first kappa shape index (κ1) is 11.5. The summed E-state index contributed by atoms with van der Waals surface area (Å²) in [5.41, 5.74) is 0.467. The molecule has 0 heterocycles. The Morgan fingerprint density at radius 3 is 2.86 bits per heavy atom. The molecule has 2 N–H and O–H groups in total. The molecule has 0 saturated carbocycles. The molecule has 1 aromatic rings. The van der Waals surface area contributed by atoms with Gasteiger partial charge in [-0.15, -0.1) is 0 Å². The molecule has 0 amide bonds. The number of hydrogen-bond donors (Lipinski definition) is 2. The van der Waals surface area contributed by atoms with E-state index in [4.69, 9.17) is 5.11 Å². The van der Waals surface area contributed by atoms with Crippen molar-refractivity contribution in [1.82, 2.24) is 0 Å². The van der Waals surface area contributed by atoms with Crippen LogP contribution in [0, 0.1) is 5.82 Å². The van der Waals surface area contributed by atoms with Gasteiger partial charge in [0.1, 0.15) is 5.82 Å². The second kappa shape index (κ2) is 5.32. The Bertz CT molecular complexity index is 304. The number of rotatable bonds is 4. The molecule has 78 valence electrons. The minimum absolute atomic E-state index is 0.287. The normalized spacial score (nSPS) is 12.6. The standard InChI is InChI=1S/C10H13BrFNO/c1-7(14)4-5-13-10-3-2-8(11)6-9(10)12/h2-3,6-7,13-14H,4-5H2,1H3. The fourth-order valence-electron chi connectivity index (χ4n) is 1.05. The number of halogens is 2. The van der Waals surface area contributed by atoms with Crippen molar-refractivity contribution in [3.8, 4) is 0 Å². The number of hydrogen-bond acceptors (Lipinski definition) is 2. The quantitative estimate of drug-likeness (QED) is 0.874. The van der Waals surface area contributed by atoms with Crippen LogP contribution in [0.2, 0.25) is 0 Å². The first-order valence-corrected chi connectivity index (χ1v) is 5.26. The van der Waals surface area contributed by atoms with Gasteiger partial charge >= 0.3 is 0 Å². The van der Waals surface area contributed by atoms with Gasteiger partial charge in [-0.25, -0.2) is 4.39 Å². The molecule has 4 heteroatoms. The lowest BCUT2D eigenvalue weighted by Gasteiger charge is -2.08. The maximum atomic E-state index is 13.2. The van der Waals surface area contributed by atoms with Crippen LogP contribution >= 0.6 is 15.9 Å². The molecule has 0 aliphatic carbocycles. The maximum Gasteiger partial charge on any atom is 0.147 e. The molecule has 0 saturated heterocycles. The van der Waals surface area contributed by atoms with Crippen LogP contribution in [0.4, 0.5) is 10.1 Å². The van der Waals surface area contributed by atoms with Crippen LogP contribution in [-0.4, -0.2) is 17.8 Å². The minimum atomic E-state index is -0.360. The summed E-state index contributed by atoms with van der Waals surface area (Å²) in [7, 11) is 0. The van der Waals surface area contributed by atoms with Crippen LogP contribution in [0.1, 0.15) is 13.3 Å². The van der Waals surface area contributed by atoms with E-state index in [0.717, 1.165) is 4.47 Å². The summed E-state index contributed by atoms with van der Waals surface area (Å²) in [6, 6.07) is 4.85. The average molecular weight is 262 g/mol. The van der Waals surface area contributed by atoms with Gasteiger partial charge in [-0.3, -0.25) is 0 Å². The fourth-order valence-corrected chi connectivity index (χ4v) is 1.38. The first-order chi connectivity index (χ1) is 6.59. The summed E-state index contributed by atoms with van der Waals surface area (Å²) in [5, 5.41) is 11.9. The highest BCUT2D eigenvalue weighted by molar-refractivity contribution is 9.10. The first-order valence-electron chi connectivity index (χ1n) is 4.46. The van der Waals surface area contributed by atoms with Gasteiger partial charge in [-0.05, 0) is 31.5 Å². The SMILES string of the molecule is CC(O)CCNc1ccc(Br)cc1F. The predicted octanol–water partition coefficient (Wildman–Crippen LogP) is 2.77. The second-order valence-corrected chi connectivity index (χ2v) is 4.10. The predicted molar refractivity (Wildman–Crippen MR) is 58.9 cm³/mol. The third kappa shape index (κ3) is 3.64. The van der Waals surface area contributed by atoms with Gasteiger partial charge < -0.3 is 10.4 Å². The molecule has 0 aliphatic rings. The van der Waals surface area contributed by atoms with Crippen molar-refractivity contribution in [2.24, 2.45) is 0 Å². The molecule has 1 aromatic carbocycles.